The fraction of sp³-hybridized carbons (Fsp3) is 0.548. The van der Waals surface area contributed by atoms with Gasteiger partial charge in [0.05, 0.1) is 98.9 Å². The summed E-state index contributed by atoms with van der Waals surface area (Å²) in [5.74, 6) is -13.6. The summed E-state index contributed by atoms with van der Waals surface area (Å²) in [6, 6.07) is 7.05. The molecule has 1 N–H and O–H groups in total. The maximum atomic E-state index is 13.5. The molecule has 0 aliphatic carbocycles. The van der Waals surface area contributed by atoms with Gasteiger partial charge >= 0.3 is 5.97 Å². The van der Waals surface area contributed by atoms with Crippen molar-refractivity contribution in [2.24, 2.45) is 0 Å². The largest absolute Gasteiger partial charge is 0.491 e. The van der Waals surface area contributed by atoms with Crippen molar-refractivity contribution in [2.75, 3.05) is 104 Å². The van der Waals surface area contributed by atoms with Gasteiger partial charge in [-0.15, -0.1) is 0 Å². The Morgan fingerprint density at radius 3 is 1.27 bits per heavy atom. The van der Waals surface area contributed by atoms with Crippen LogP contribution in [0.1, 0.15) is 13.3 Å². The van der Waals surface area contributed by atoms with E-state index < -0.39 is 47.2 Å². The summed E-state index contributed by atoms with van der Waals surface area (Å²) in [5.41, 5.74) is 0.702. The van der Waals surface area contributed by atoms with Gasteiger partial charge in [0.1, 0.15) is 12.4 Å². The van der Waals surface area contributed by atoms with Gasteiger partial charge in [0.25, 0.3) is 0 Å². The zero-order chi connectivity index (χ0) is 35.0. The quantitative estimate of drug-likeness (QED) is 0.0365. The third kappa shape index (κ3) is 17.1. The van der Waals surface area contributed by atoms with Crippen LogP contribution < -0.4 is 14.8 Å². The molecule has 0 aliphatic rings. The van der Waals surface area contributed by atoms with Crippen molar-refractivity contribution in [1.29, 1.82) is 0 Å². The van der Waals surface area contributed by atoms with Gasteiger partial charge in [-0.3, -0.25) is 9.59 Å². The zero-order valence-corrected chi connectivity index (χ0v) is 26.5. The first kappa shape index (κ1) is 40.7. The first-order valence-corrected chi connectivity index (χ1v) is 15.0. The number of ether oxygens (including phenoxy) is 9. The number of esters is 1. The number of benzene rings is 2. The van der Waals surface area contributed by atoms with Gasteiger partial charge in [-0.2, -0.15) is 8.78 Å². The summed E-state index contributed by atoms with van der Waals surface area (Å²) in [5, 5.41) is 2.68. The number of amides is 1. The number of nitrogens with one attached hydrogen (secondary N) is 1. The van der Waals surface area contributed by atoms with E-state index in [0.717, 1.165) is 0 Å². The molecule has 1 amide bonds. The lowest BCUT2D eigenvalue weighted by atomic mass is 10.2. The van der Waals surface area contributed by atoms with Crippen LogP contribution in [0.5, 0.6) is 11.5 Å². The van der Waals surface area contributed by atoms with E-state index in [1.54, 1.807) is 24.3 Å². The number of hydrogen-bond donors (Lipinski definition) is 1. The molecule has 0 unspecified atom stereocenters. The van der Waals surface area contributed by atoms with Crippen LogP contribution in [0.2, 0.25) is 0 Å². The standard InChI is InChI=1S/C31H40F5NO11/c1-22(38)37-23-2-4-24(5-3-23)47-21-20-46-19-18-45-17-16-44-15-14-43-13-12-42-11-10-41-9-8-40-7-6-25(39)48-31-29(35)27(33)26(32)28(34)30(31)36/h2-5H,6-21H2,1H3,(H,37,38). The van der Waals surface area contributed by atoms with Gasteiger partial charge in [-0.05, 0) is 24.3 Å². The molecule has 0 fully saturated rings. The first-order chi connectivity index (χ1) is 23.2. The van der Waals surface area contributed by atoms with E-state index in [1.807, 2.05) is 0 Å². The molecular formula is C31H40F5NO11. The molecule has 2 rings (SSSR count). The lowest BCUT2D eigenvalue weighted by Gasteiger charge is -2.09. The zero-order valence-electron chi connectivity index (χ0n) is 26.5. The van der Waals surface area contributed by atoms with Crippen LogP contribution >= 0.6 is 0 Å². The van der Waals surface area contributed by atoms with Crippen LogP contribution in [-0.4, -0.2) is 111 Å². The van der Waals surface area contributed by atoms with Crippen LogP contribution in [-0.2, 0) is 42.7 Å². The SMILES string of the molecule is CC(=O)Nc1ccc(OCCOCCOCCOCCOCCOCCOCCOCCC(=O)Oc2c(F)c(F)c(F)c(F)c2F)cc1. The third-order valence-electron chi connectivity index (χ3n) is 5.74. The minimum atomic E-state index is -2.35. The number of carbonyl (C=O) groups excluding carboxylic acids is 2. The average Bonchev–Trinajstić information content (AvgIpc) is 3.07. The summed E-state index contributed by atoms with van der Waals surface area (Å²) >= 11 is 0. The molecule has 270 valence electrons. The summed E-state index contributed by atoms with van der Waals surface area (Å²) in [4.78, 5) is 22.7. The van der Waals surface area contributed by atoms with E-state index >= 15 is 0 Å². The molecule has 2 aromatic rings. The van der Waals surface area contributed by atoms with E-state index in [0.29, 0.717) is 84.1 Å². The van der Waals surface area contributed by atoms with Gasteiger partial charge in [-0.1, -0.05) is 0 Å². The van der Waals surface area contributed by atoms with E-state index in [2.05, 4.69) is 10.1 Å². The Morgan fingerprint density at radius 1 is 0.521 bits per heavy atom. The molecule has 0 atom stereocenters. The maximum absolute atomic E-state index is 13.5. The Balaban J connectivity index is 1.28. The second-order valence-corrected chi connectivity index (χ2v) is 9.46. The molecule has 0 radical (unpaired) electrons. The minimum Gasteiger partial charge on any atom is -0.491 e. The molecule has 0 saturated heterocycles. The van der Waals surface area contributed by atoms with E-state index in [1.165, 1.54) is 6.92 Å². The van der Waals surface area contributed by atoms with Crippen molar-refractivity contribution in [3.05, 3.63) is 53.4 Å². The molecular weight excluding hydrogens is 657 g/mol. The number of carbonyl (C=O) groups is 2. The van der Waals surface area contributed by atoms with Crippen LogP contribution in [0.4, 0.5) is 27.6 Å². The highest BCUT2D eigenvalue weighted by Crippen LogP contribution is 2.29. The highest BCUT2D eigenvalue weighted by atomic mass is 19.2. The number of halogens is 5. The number of hydrogen-bond acceptors (Lipinski definition) is 11. The van der Waals surface area contributed by atoms with Crippen LogP contribution in [0.25, 0.3) is 0 Å². The molecule has 0 spiro atoms. The van der Waals surface area contributed by atoms with Crippen LogP contribution in [0.15, 0.2) is 24.3 Å². The van der Waals surface area contributed by atoms with Gasteiger partial charge in [0.2, 0.25) is 40.7 Å². The Labute approximate surface area is 274 Å². The van der Waals surface area contributed by atoms with Crippen molar-refractivity contribution in [2.45, 2.75) is 13.3 Å². The van der Waals surface area contributed by atoms with Gasteiger partial charge in [-0.25, -0.2) is 13.2 Å². The second kappa shape index (κ2) is 24.7. The number of anilines is 1. The molecule has 0 heterocycles. The molecule has 48 heavy (non-hydrogen) atoms. The van der Waals surface area contributed by atoms with Gasteiger partial charge in [0, 0.05) is 12.6 Å². The molecule has 0 aromatic heterocycles. The van der Waals surface area contributed by atoms with Crippen molar-refractivity contribution >= 4 is 17.6 Å². The average molecular weight is 698 g/mol. The van der Waals surface area contributed by atoms with Crippen LogP contribution in [0, 0.1) is 29.1 Å². The van der Waals surface area contributed by atoms with E-state index in [-0.39, 0.29) is 32.3 Å². The molecule has 2 aromatic carbocycles. The Morgan fingerprint density at radius 2 is 0.875 bits per heavy atom. The minimum absolute atomic E-state index is 0.0768. The molecule has 0 bridgehead atoms. The summed E-state index contributed by atoms with van der Waals surface area (Å²) < 4.78 is 114. The summed E-state index contributed by atoms with van der Waals surface area (Å²) in [7, 11) is 0. The van der Waals surface area contributed by atoms with Crippen molar-refractivity contribution in [1.82, 2.24) is 0 Å². The normalized spacial score (nSPS) is 11.1. The molecule has 0 aliphatic heterocycles. The fourth-order valence-electron chi connectivity index (χ4n) is 3.47. The van der Waals surface area contributed by atoms with E-state index in [9.17, 15) is 31.5 Å². The Hall–Kier alpha value is -3.45. The lowest BCUT2D eigenvalue weighted by Crippen LogP contribution is -2.16. The van der Waals surface area contributed by atoms with Crippen molar-refractivity contribution in [3.63, 3.8) is 0 Å². The highest BCUT2D eigenvalue weighted by molar-refractivity contribution is 5.88. The monoisotopic (exact) mass is 697 g/mol. The molecule has 17 heteroatoms. The van der Waals surface area contributed by atoms with Gasteiger partial charge < -0.3 is 47.9 Å². The Kier molecular flexibility index (Phi) is 20.9. The van der Waals surface area contributed by atoms with Gasteiger partial charge in [0.15, 0.2) is 0 Å². The predicted octanol–water partition coefficient (Wildman–Crippen LogP) is 3.83. The van der Waals surface area contributed by atoms with Crippen molar-refractivity contribution < 1.29 is 74.2 Å². The summed E-state index contributed by atoms with van der Waals surface area (Å²) in [6.07, 6.45) is -0.490. The second-order valence-electron chi connectivity index (χ2n) is 9.46. The first-order valence-electron chi connectivity index (χ1n) is 15.0. The summed E-state index contributed by atoms with van der Waals surface area (Å²) in [6.45, 7) is 6.04. The van der Waals surface area contributed by atoms with Crippen LogP contribution in [0.3, 0.4) is 0 Å². The lowest BCUT2D eigenvalue weighted by molar-refractivity contribution is -0.136. The smallest absolute Gasteiger partial charge is 0.313 e. The molecule has 12 nitrogen and oxygen atoms in total. The predicted molar refractivity (Wildman–Crippen MR) is 158 cm³/mol. The van der Waals surface area contributed by atoms with Crippen molar-refractivity contribution in [3.8, 4) is 11.5 Å². The number of rotatable bonds is 27. The third-order valence-corrected chi connectivity index (χ3v) is 5.74. The topological polar surface area (TPSA) is 129 Å². The fourth-order valence-corrected chi connectivity index (χ4v) is 3.47. The highest BCUT2D eigenvalue weighted by Gasteiger charge is 2.28. The maximum Gasteiger partial charge on any atom is 0.313 e. The molecule has 0 saturated carbocycles. The Bertz CT molecular complexity index is 1200. The van der Waals surface area contributed by atoms with E-state index in [4.69, 9.17) is 37.9 Å².